The molecule has 1 aliphatic carbocycles. The largest absolute Gasteiger partial charge is 0.354 e. The van der Waals surface area contributed by atoms with E-state index in [1.54, 1.807) is 0 Å². The fourth-order valence-electron chi connectivity index (χ4n) is 3.14. The lowest BCUT2D eigenvalue weighted by atomic mass is 10.0. The molecule has 1 saturated carbocycles. The minimum absolute atomic E-state index is 0.0284. The first-order chi connectivity index (χ1) is 14.2. The Kier molecular flexibility index (Phi) is 4.68. The molecule has 0 aliphatic heterocycles. The van der Waals surface area contributed by atoms with Crippen LogP contribution >= 0.6 is 0 Å². The van der Waals surface area contributed by atoms with Gasteiger partial charge in [-0.1, -0.05) is 11.8 Å². The molecule has 0 bridgehead atoms. The molecule has 0 unspecified atom stereocenters. The standard InChI is InChI=1S/C22H14F2N2O3S/c1-30(28,29)20-7-5-13(11-25)8-15(20)17-10-19(27)21-18(26-17)9-16(23)14(22(21)24)6-4-12-2-3-12/h5,7-10,12H,2-3H2,1H3,(H,26,27). The lowest BCUT2D eigenvalue weighted by Gasteiger charge is -2.11. The third-order valence-electron chi connectivity index (χ3n) is 4.79. The maximum atomic E-state index is 14.9. The predicted octanol–water partition coefficient (Wildman–Crippen LogP) is 3.51. The van der Waals surface area contributed by atoms with Crippen LogP contribution in [0.5, 0.6) is 0 Å². The van der Waals surface area contributed by atoms with Crippen LogP contribution in [0.25, 0.3) is 22.2 Å². The summed E-state index contributed by atoms with van der Waals surface area (Å²) < 4.78 is 53.7. The highest BCUT2D eigenvalue weighted by Gasteiger charge is 2.21. The van der Waals surface area contributed by atoms with Crippen LogP contribution in [0, 0.1) is 40.7 Å². The molecule has 0 radical (unpaired) electrons. The average molecular weight is 424 g/mol. The van der Waals surface area contributed by atoms with Gasteiger partial charge in [-0.15, -0.1) is 0 Å². The zero-order valence-electron chi connectivity index (χ0n) is 15.7. The zero-order valence-corrected chi connectivity index (χ0v) is 16.5. The first kappa shape index (κ1) is 19.8. The van der Waals surface area contributed by atoms with Crippen molar-refractivity contribution in [3.8, 4) is 29.2 Å². The number of aromatic nitrogens is 1. The minimum Gasteiger partial charge on any atom is -0.354 e. The van der Waals surface area contributed by atoms with Crippen molar-refractivity contribution in [1.29, 1.82) is 5.26 Å². The lowest BCUT2D eigenvalue weighted by molar-refractivity contribution is 0.585. The molecule has 1 heterocycles. The minimum atomic E-state index is -3.70. The summed E-state index contributed by atoms with van der Waals surface area (Å²) in [6, 6.07) is 7.79. The van der Waals surface area contributed by atoms with Crippen molar-refractivity contribution in [3.63, 3.8) is 0 Å². The summed E-state index contributed by atoms with van der Waals surface area (Å²) in [4.78, 5) is 15.3. The van der Waals surface area contributed by atoms with Crippen molar-refractivity contribution < 1.29 is 17.2 Å². The molecule has 0 spiro atoms. The highest BCUT2D eigenvalue weighted by atomic mass is 32.2. The molecular formula is C22H14F2N2O3S. The molecule has 0 amide bonds. The molecule has 8 heteroatoms. The van der Waals surface area contributed by atoms with Crippen molar-refractivity contribution >= 4 is 20.7 Å². The van der Waals surface area contributed by atoms with Gasteiger partial charge >= 0.3 is 0 Å². The average Bonchev–Trinajstić information content (AvgIpc) is 3.50. The molecule has 150 valence electrons. The number of nitrogens with one attached hydrogen (secondary N) is 1. The third-order valence-corrected chi connectivity index (χ3v) is 5.94. The van der Waals surface area contributed by atoms with Gasteiger partial charge in [0.2, 0.25) is 0 Å². The fourth-order valence-corrected chi connectivity index (χ4v) is 4.02. The number of fused-ring (bicyclic) bond motifs is 1. The molecule has 0 saturated heterocycles. The first-order valence-electron chi connectivity index (χ1n) is 9.00. The summed E-state index contributed by atoms with van der Waals surface area (Å²) in [6.45, 7) is 0. The van der Waals surface area contributed by atoms with Gasteiger partial charge in [0.05, 0.1) is 38.7 Å². The van der Waals surface area contributed by atoms with Crippen molar-refractivity contribution in [2.45, 2.75) is 17.7 Å². The summed E-state index contributed by atoms with van der Waals surface area (Å²) in [5.74, 6) is 3.41. The normalized spacial score (nSPS) is 13.5. The number of hydrogen-bond acceptors (Lipinski definition) is 4. The Hall–Kier alpha value is -3.49. The maximum absolute atomic E-state index is 14.9. The molecule has 5 nitrogen and oxygen atoms in total. The second kappa shape index (κ2) is 7.08. The summed E-state index contributed by atoms with van der Waals surface area (Å²) >= 11 is 0. The molecule has 30 heavy (non-hydrogen) atoms. The van der Waals surface area contributed by atoms with Crippen LogP contribution in [0.1, 0.15) is 24.0 Å². The lowest BCUT2D eigenvalue weighted by Crippen LogP contribution is -2.09. The van der Waals surface area contributed by atoms with Crippen LogP contribution in [0.4, 0.5) is 8.78 Å². The predicted molar refractivity (Wildman–Crippen MR) is 107 cm³/mol. The van der Waals surface area contributed by atoms with E-state index in [1.165, 1.54) is 18.2 Å². The van der Waals surface area contributed by atoms with Crippen LogP contribution in [0.2, 0.25) is 0 Å². The van der Waals surface area contributed by atoms with Crippen molar-refractivity contribution in [2.75, 3.05) is 6.26 Å². The van der Waals surface area contributed by atoms with E-state index in [9.17, 15) is 22.0 Å². The van der Waals surface area contributed by atoms with Crippen molar-refractivity contribution in [3.05, 3.63) is 63.3 Å². The second-order valence-electron chi connectivity index (χ2n) is 7.16. The Morgan fingerprint density at radius 3 is 2.53 bits per heavy atom. The van der Waals surface area contributed by atoms with Crippen molar-refractivity contribution in [2.24, 2.45) is 5.92 Å². The number of aromatic amines is 1. The molecule has 4 rings (SSSR count). The number of nitriles is 1. The van der Waals surface area contributed by atoms with Gasteiger partial charge in [0.15, 0.2) is 21.1 Å². The molecule has 1 N–H and O–H groups in total. The van der Waals surface area contributed by atoms with E-state index in [0.29, 0.717) is 0 Å². The third kappa shape index (κ3) is 3.58. The number of pyridine rings is 1. The van der Waals surface area contributed by atoms with Crippen LogP contribution in [-0.2, 0) is 9.84 Å². The Bertz CT molecular complexity index is 1490. The highest BCUT2D eigenvalue weighted by molar-refractivity contribution is 7.90. The van der Waals surface area contributed by atoms with Gasteiger partial charge in [0.1, 0.15) is 5.82 Å². The van der Waals surface area contributed by atoms with E-state index < -0.39 is 32.5 Å². The van der Waals surface area contributed by atoms with Gasteiger partial charge in [-0.25, -0.2) is 17.2 Å². The summed E-state index contributed by atoms with van der Waals surface area (Å²) in [5.41, 5.74) is -1.09. The maximum Gasteiger partial charge on any atom is 0.193 e. The number of hydrogen-bond donors (Lipinski definition) is 1. The van der Waals surface area contributed by atoms with Crippen LogP contribution in [0.3, 0.4) is 0 Å². The van der Waals surface area contributed by atoms with E-state index in [1.807, 2.05) is 6.07 Å². The Morgan fingerprint density at radius 2 is 1.90 bits per heavy atom. The quantitative estimate of drug-likeness (QED) is 0.638. The van der Waals surface area contributed by atoms with Gasteiger partial charge in [-0.3, -0.25) is 4.79 Å². The Balaban J connectivity index is 1.98. The number of halogens is 2. The van der Waals surface area contributed by atoms with Gasteiger partial charge < -0.3 is 4.98 Å². The van der Waals surface area contributed by atoms with Gasteiger partial charge in [0, 0.05) is 23.8 Å². The monoisotopic (exact) mass is 424 g/mol. The molecule has 1 aliphatic rings. The van der Waals surface area contributed by atoms with Gasteiger partial charge in [0.25, 0.3) is 0 Å². The Labute approximate surface area is 170 Å². The zero-order chi connectivity index (χ0) is 21.6. The first-order valence-corrected chi connectivity index (χ1v) is 10.9. The van der Waals surface area contributed by atoms with E-state index >= 15 is 0 Å². The van der Waals surface area contributed by atoms with Crippen LogP contribution < -0.4 is 5.43 Å². The van der Waals surface area contributed by atoms with Crippen molar-refractivity contribution in [1.82, 2.24) is 4.98 Å². The SMILES string of the molecule is CS(=O)(=O)c1ccc(C#N)cc1-c1cc(=O)c2c(F)c(C#CC3CC3)c(F)cc2[nH]1. The highest BCUT2D eigenvalue weighted by Crippen LogP contribution is 2.30. The second-order valence-corrected chi connectivity index (χ2v) is 9.14. The smallest absolute Gasteiger partial charge is 0.193 e. The number of sulfone groups is 1. The molecule has 1 aromatic heterocycles. The molecule has 3 aromatic rings. The van der Waals surface area contributed by atoms with Gasteiger partial charge in [-0.2, -0.15) is 5.26 Å². The van der Waals surface area contributed by atoms with Crippen LogP contribution in [0.15, 0.2) is 40.0 Å². The van der Waals surface area contributed by atoms with E-state index in [2.05, 4.69) is 16.8 Å². The van der Waals surface area contributed by atoms with E-state index in [0.717, 1.165) is 31.2 Å². The van der Waals surface area contributed by atoms with E-state index in [4.69, 9.17) is 5.26 Å². The van der Waals surface area contributed by atoms with E-state index in [-0.39, 0.29) is 38.5 Å². The van der Waals surface area contributed by atoms with Gasteiger partial charge in [-0.05, 0) is 37.1 Å². The fraction of sp³-hybridized carbons (Fsp3) is 0.182. The number of H-pyrrole nitrogens is 1. The molecule has 2 aromatic carbocycles. The summed E-state index contributed by atoms with van der Waals surface area (Å²) in [6.07, 6.45) is 2.76. The number of benzene rings is 2. The van der Waals surface area contributed by atoms with Crippen LogP contribution in [-0.4, -0.2) is 19.7 Å². The summed E-state index contributed by atoms with van der Waals surface area (Å²) in [7, 11) is -3.70. The molecule has 1 fully saturated rings. The summed E-state index contributed by atoms with van der Waals surface area (Å²) in [5, 5.41) is 8.78. The number of rotatable bonds is 2. The molecular weight excluding hydrogens is 410 g/mol. The number of nitrogens with zero attached hydrogens (tertiary/aromatic N) is 1. The molecule has 0 atom stereocenters. The Morgan fingerprint density at radius 1 is 1.17 bits per heavy atom. The topological polar surface area (TPSA) is 90.8 Å².